The SMILES string of the molecule is Cc1ccnc(Br)c1N([O-])O. The van der Waals surface area contributed by atoms with Crippen molar-refractivity contribution < 1.29 is 5.21 Å². The summed E-state index contributed by atoms with van der Waals surface area (Å²) in [6.07, 6.45) is 1.55. The van der Waals surface area contributed by atoms with Gasteiger partial charge >= 0.3 is 0 Å². The van der Waals surface area contributed by atoms with E-state index in [4.69, 9.17) is 5.21 Å². The summed E-state index contributed by atoms with van der Waals surface area (Å²) in [5.74, 6) is 0. The molecule has 0 fully saturated rings. The predicted molar refractivity (Wildman–Crippen MR) is 44.3 cm³/mol. The first-order valence-electron chi connectivity index (χ1n) is 2.90. The highest BCUT2D eigenvalue weighted by Crippen LogP contribution is 2.25. The van der Waals surface area contributed by atoms with Crippen LogP contribution in [0.15, 0.2) is 16.9 Å². The van der Waals surface area contributed by atoms with Crippen molar-refractivity contribution in [3.63, 3.8) is 0 Å². The van der Waals surface area contributed by atoms with Gasteiger partial charge in [-0.05, 0) is 34.5 Å². The molecule has 5 heteroatoms. The molecule has 0 aliphatic heterocycles. The van der Waals surface area contributed by atoms with Crippen molar-refractivity contribution in [3.05, 3.63) is 27.6 Å². The Morgan fingerprint density at radius 2 is 2.36 bits per heavy atom. The monoisotopic (exact) mass is 217 g/mol. The molecule has 0 saturated carbocycles. The van der Waals surface area contributed by atoms with E-state index in [1.165, 1.54) is 0 Å². The van der Waals surface area contributed by atoms with Gasteiger partial charge in [0.15, 0.2) is 0 Å². The van der Waals surface area contributed by atoms with Gasteiger partial charge in [0.2, 0.25) is 0 Å². The Labute approximate surface area is 72.1 Å². The van der Waals surface area contributed by atoms with Gasteiger partial charge in [-0.3, -0.25) is 5.21 Å². The van der Waals surface area contributed by atoms with Crippen LogP contribution in [0.25, 0.3) is 0 Å². The number of hydrogen-bond acceptors (Lipinski definition) is 4. The molecule has 1 aromatic rings. The van der Waals surface area contributed by atoms with E-state index in [1.54, 1.807) is 19.2 Å². The van der Waals surface area contributed by atoms with Gasteiger partial charge in [-0.15, -0.1) is 0 Å². The van der Waals surface area contributed by atoms with Crippen LogP contribution in [0.2, 0.25) is 0 Å². The molecule has 11 heavy (non-hydrogen) atoms. The average molecular weight is 218 g/mol. The molecule has 1 aromatic heterocycles. The van der Waals surface area contributed by atoms with E-state index in [9.17, 15) is 5.21 Å². The highest BCUT2D eigenvalue weighted by molar-refractivity contribution is 9.10. The third-order valence-corrected chi connectivity index (χ3v) is 1.85. The maximum Gasteiger partial charge on any atom is 0.130 e. The summed E-state index contributed by atoms with van der Waals surface area (Å²) < 4.78 is 0.343. The second-order valence-corrected chi connectivity index (χ2v) is 2.79. The summed E-state index contributed by atoms with van der Waals surface area (Å²) in [7, 11) is 0. The molecule has 0 amide bonds. The number of hydrogen-bond donors (Lipinski definition) is 1. The van der Waals surface area contributed by atoms with Crippen molar-refractivity contribution in [2.24, 2.45) is 0 Å². The van der Waals surface area contributed by atoms with Gasteiger partial charge in [0.1, 0.15) is 4.60 Å². The molecule has 0 aromatic carbocycles. The second kappa shape index (κ2) is 3.17. The van der Waals surface area contributed by atoms with Crippen molar-refractivity contribution >= 4 is 21.6 Å². The standard InChI is InChI=1S/C6H6BrN2O2/c1-4-2-3-8-6(7)5(4)9(10)11/h2-3,10H,1H3/q-1. The first-order chi connectivity index (χ1) is 5.13. The van der Waals surface area contributed by atoms with Gasteiger partial charge in [-0.25, -0.2) is 4.98 Å². The molecular weight excluding hydrogens is 212 g/mol. The van der Waals surface area contributed by atoms with Crippen molar-refractivity contribution in [3.8, 4) is 0 Å². The summed E-state index contributed by atoms with van der Waals surface area (Å²) in [5.41, 5.74) is 0.817. The molecule has 0 aliphatic carbocycles. The topological polar surface area (TPSA) is 59.4 Å². The maximum atomic E-state index is 10.5. The largest absolute Gasteiger partial charge is 0.733 e. The molecule has 0 atom stereocenters. The fourth-order valence-corrected chi connectivity index (χ4v) is 1.33. The number of nitrogens with zero attached hydrogens (tertiary/aromatic N) is 2. The fraction of sp³-hybridized carbons (Fsp3) is 0.167. The Balaban J connectivity index is 3.21. The number of anilines is 1. The molecule has 1 heterocycles. The Morgan fingerprint density at radius 3 is 2.73 bits per heavy atom. The molecule has 1 rings (SSSR count). The molecule has 0 spiro atoms. The maximum absolute atomic E-state index is 10.5. The normalized spacial score (nSPS) is 9.82. The predicted octanol–water partition coefficient (Wildman–Crippen LogP) is 1.85. The minimum atomic E-state index is -0.202. The Hall–Kier alpha value is -0.650. The average Bonchev–Trinajstić information content (AvgIpc) is 1.85. The van der Waals surface area contributed by atoms with E-state index in [1.807, 2.05) is 0 Å². The second-order valence-electron chi connectivity index (χ2n) is 2.04. The van der Waals surface area contributed by atoms with Gasteiger partial charge in [0.05, 0.1) is 5.69 Å². The lowest BCUT2D eigenvalue weighted by Crippen LogP contribution is -2.09. The molecule has 1 N–H and O–H groups in total. The molecule has 0 aliphatic rings. The molecule has 0 unspecified atom stereocenters. The molecule has 0 radical (unpaired) electrons. The highest BCUT2D eigenvalue weighted by Gasteiger charge is 2.03. The lowest BCUT2D eigenvalue weighted by molar-refractivity contribution is 0.295. The number of pyridine rings is 1. The third kappa shape index (κ3) is 1.68. The van der Waals surface area contributed by atoms with Crippen LogP contribution in [0.1, 0.15) is 5.56 Å². The summed E-state index contributed by atoms with van der Waals surface area (Å²) in [5, 5.41) is 18.9. The minimum absolute atomic E-state index is 0.146. The first-order valence-corrected chi connectivity index (χ1v) is 3.69. The van der Waals surface area contributed by atoms with Gasteiger partial charge in [0, 0.05) is 6.20 Å². The van der Waals surface area contributed by atoms with Crippen molar-refractivity contribution in [2.45, 2.75) is 6.92 Å². The van der Waals surface area contributed by atoms with E-state index in [-0.39, 0.29) is 10.9 Å². The van der Waals surface area contributed by atoms with E-state index in [0.29, 0.717) is 10.2 Å². The lowest BCUT2D eigenvalue weighted by atomic mass is 10.3. The molecule has 4 nitrogen and oxygen atoms in total. The number of aromatic nitrogens is 1. The van der Waals surface area contributed by atoms with E-state index < -0.39 is 0 Å². The van der Waals surface area contributed by atoms with Gasteiger partial charge in [0.25, 0.3) is 0 Å². The zero-order chi connectivity index (χ0) is 8.43. The first kappa shape index (κ1) is 8.45. The number of halogens is 1. The van der Waals surface area contributed by atoms with E-state index in [2.05, 4.69) is 20.9 Å². The smallest absolute Gasteiger partial charge is 0.130 e. The van der Waals surface area contributed by atoms with E-state index in [0.717, 1.165) is 0 Å². The van der Waals surface area contributed by atoms with Crippen LogP contribution >= 0.6 is 15.9 Å². The summed E-state index contributed by atoms with van der Waals surface area (Å²) >= 11 is 3.03. The quantitative estimate of drug-likeness (QED) is 0.577. The van der Waals surface area contributed by atoms with Gasteiger partial charge < -0.3 is 10.4 Å². The minimum Gasteiger partial charge on any atom is -0.733 e. The number of rotatable bonds is 1. The molecule has 60 valence electrons. The van der Waals surface area contributed by atoms with Crippen molar-refractivity contribution in [1.29, 1.82) is 0 Å². The number of aryl methyl sites for hydroxylation is 1. The zero-order valence-corrected chi connectivity index (χ0v) is 7.37. The van der Waals surface area contributed by atoms with Gasteiger partial charge in [-0.1, -0.05) is 0 Å². The van der Waals surface area contributed by atoms with Crippen LogP contribution in [-0.2, 0) is 0 Å². The molecular formula is C6H6BrN2O2-. The van der Waals surface area contributed by atoms with Crippen LogP contribution in [0.3, 0.4) is 0 Å². The van der Waals surface area contributed by atoms with E-state index >= 15 is 0 Å². The Bertz CT molecular complexity index is 245. The van der Waals surface area contributed by atoms with Crippen LogP contribution < -0.4 is 5.23 Å². The van der Waals surface area contributed by atoms with Crippen molar-refractivity contribution in [1.82, 2.24) is 4.98 Å². The zero-order valence-electron chi connectivity index (χ0n) is 5.78. The Kier molecular flexibility index (Phi) is 2.43. The third-order valence-electron chi connectivity index (χ3n) is 1.27. The van der Waals surface area contributed by atoms with Crippen LogP contribution in [-0.4, -0.2) is 10.2 Å². The Morgan fingerprint density at radius 1 is 1.73 bits per heavy atom. The highest BCUT2D eigenvalue weighted by atomic mass is 79.9. The van der Waals surface area contributed by atoms with Crippen molar-refractivity contribution in [2.75, 3.05) is 5.23 Å². The summed E-state index contributed by atoms with van der Waals surface area (Å²) in [4.78, 5) is 3.78. The van der Waals surface area contributed by atoms with Crippen LogP contribution in [0.4, 0.5) is 5.69 Å². The van der Waals surface area contributed by atoms with Crippen LogP contribution in [0, 0.1) is 12.1 Å². The fourth-order valence-electron chi connectivity index (χ4n) is 0.747. The molecule has 0 bridgehead atoms. The summed E-state index contributed by atoms with van der Waals surface area (Å²) in [6, 6.07) is 1.64. The van der Waals surface area contributed by atoms with Crippen LogP contribution in [0.5, 0.6) is 0 Å². The molecule has 0 saturated heterocycles. The summed E-state index contributed by atoms with van der Waals surface area (Å²) in [6.45, 7) is 1.71. The lowest BCUT2D eigenvalue weighted by Gasteiger charge is -2.23. The van der Waals surface area contributed by atoms with Gasteiger partial charge in [-0.2, -0.15) is 0 Å².